The van der Waals surface area contributed by atoms with E-state index in [0.29, 0.717) is 24.6 Å². The Morgan fingerprint density at radius 1 is 1.44 bits per heavy atom. The van der Waals surface area contributed by atoms with Crippen molar-refractivity contribution >= 4 is 12.1 Å². The van der Waals surface area contributed by atoms with Gasteiger partial charge in [0, 0.05) is 19.0 Å². The molecule has 0 N–H and O–H groups in total. The number of rotatable bonds is 2. The summed E-state index contributed by atoms with van der Waals surface area (Å²) in [4.78, 5) is 20.2. The molecule has 86 valence electrons. The normalized spacial score (nSPS) is 17.5. The first-order chi connectivity index (χ1) is 7.72. The van der Waals surface area contributed by atoms with Gasteiger partial charge >= 0.3 is 0 Å². The zero-order chi connectivity index (χ0) is 11.5. The third-order valence-corrected chi connectivity index (χ3v) is 2.98. The summed E-state index contributed by atoms with van der Waals surface area (Å²) >= 11 is 0. The van der Waals surface area contributed by atoms with Crippen LogP contribution in [0.4, 0.5) is 10.2 Å². The van der Waals surface area contributed by atoms with Crippen LogP contribution in [-0.4, -0.2) is 29.3 Å². The van der Waals surface area contributed by atoms with E-state index in [2.05, 4.69) is 9.97 Å². The monoisotopic (exact) mass is 223 g/mol. The molecule has 0 aromatic carbocycles. The number of aryl methyl sites for hydroxylation is 1. The fourth-order valence-electron chi connectivity index (χ4n) is 1.91. The highest BCUT2D eigenvalue weighted by molar-refractivity contribution is 5.54. The summed E-state index contributed by atoms with van der Waals surface area (Å²) in [5, 5.41) is 0. The SMILES string of the molecule is Cc1ncnc(N2CCC(C=O)CC2)c1F. The smallest absolute Gasteiger partial charge is 0.186 e. The van der Waals surface area contributed by atoms with Crippen molar-refractivity contribution in [3.63, 3.8) is 0 Å². The van der Waals surface area contributed by atoms with Crippen LogP contribution in [0.5, 0.6) is 0 Å². The molecule has 0 unspecified atom stereocenters. The van der Waals surface area contributed by atoms with Gasteiger partial charge < -0.3 is 9.69 Å². The Balaban J connectivity index is 2.14. The molecule has 0 radical (unpaired) electrons. The number of nitrogens with zero attached hydrogens (tertiary/aromatic N) is 3. The zero-order valence-corrected chi connectivity index (χ0v) is 9.19. The summed E-state index contributed by atoms with van der Waals surface area (Å²) in [7, 11) is 0. The molecule has 1 aliphatic heterocycles. The van der Waals surface area contributed by atoms with E-state index in [4.69, 9.17) is 0 Å². The highest BCUT2D eigenvalue weighted by atomic mass is 19.1. The lowest BCUT2D eigenvalue weighted by Crippen LogP contribution is -2.35. The highest BCUT2D eigenvalue weighted by Crippen LogP contribution is 2.23. The van der Waals surface area contributed by atoms with Crippen LogP contribution in [0, 0.1) is 18.7 Å². The first kappa shape index (κ1) is 11.0. The molecular weight excluding hydrogens is 209 g/mol. The number of aldehydes is 1. The minimum atomic E-state index is -0.355. The largest absolute Gasteiger partial charge is 0.354 e. The van der Waals surface area contributed by atoms with Crippen molar-refractivity contribution < 1.29 is 9.18 Å². The molecule has 4 nitrogen and oxygen atoms in total. The number of hydrogen-bond acceptors (Lipinski definition) is 4. The lowest BCUT2D eigenvalue weighted by Gasteiger charge is -2.30. The molecule has 0 spiro atoms. The molecule has 0 bridgehead atoms. The minimum absolute atomic E-state index is 0.113. The summed E-state index contributed by atoms with van der Waals surface area (Å²) in [6.07, 6.45) is 3.90. The first-order valence-corrected chi connectivity index (χ1v) is 5.39. The average molecular weight is 223 g/mol. The number of aromatic nitrogens is 2. The topological polar surface area (TPSA) is 46.1 Å². The van der Waals surface area contributed by atoms with Crippen LogP contribution in [0.25, 0.3) is 0 Å². The number of carbonyl (C=O) groups excluding carboxylic acids is 1. The molecule has 2 rings (SSSR count). The number of anilines is 1. The van der Waals surface area contributed by atoms with Gasteiger partial charge in [0.2, 0.25) is 0 Å². The van der Waals surface area contributed by atoms with Gasteiger partial charge in [-0.2, -0.15) is 0 Å². The van der Waals surface area contributed by atoms with Gasteiger partial charge in [0.15, 0.2) is 11.6 Å². The fourth-order valence-corrected chi connectivity index (χ4v) is 1.91. The summed E-state index contributed by atoms with van der Waals surface area (Å²) in [6, 6.07) is 0. The highest BCUT2D eigenvalue weighted by Gasteiger charge is 2.22. The maximum absolute atomic E-state index is 13.7. The van der Waals surface area contributed by atoms with E-state index >= 15 is 0 Å². The van der Waals surface area contributed by atoms with Gasteiger partial charge in [0.1, 0.15) is 12.6 Å². The molecular formula is C11H14FN3O. The summed E-state index contributed by atoms with van der Waals surface area (Å²) in [5.41, 5.74) is 0.363. The third kappa shape index (κ3) is 2.03. The molecule has 0 atom stereocenters. The molecule has 5 heteroatoms. The predicted octanol–water partition coefficient (Wildman–Crippen LogP) is 1.34. The van der Waals surface area contributed by atoms with Crippen molar-refractivity contribution in [3.8, 4) is 0 Å². The molecule has 16 heavy (non-hydrogen) atoms. The predicted molar refractivity (Wildman–Crippen MR) is 57.7 cm³/mol. The molecule has 1 aromatic rings. The zero-order valence-electron chi connectivity index (χ0n) is 9.19. The van der Waals surface area contributed by atoms with Gasteiger partial charge in [-0.3, -0.25) is 0 Å². The molecule has 1 saturated heterocycles. The van der Waals surface area contributed by atoms with E-state index in [0.717, 1.165) is 19.1 Å². The molecule has 0 amide bonds. The number of carbonyl (C=O) groups is 1. The maximum Gasteiger partial charge on any atom is 0.186 e. The second kappa shape index (κ2) is 4.55. The van der Waals surface area contributed by atoms with E-state index in [1.54, 1.807) is 6.92 Å². The summed E-state index contributed by atoms with van der Waals surface area (Å²) < 4.78 is 13.7. The molecule has 0 aliphatic carbocycles. The van der Waals surface area contributed by atoms with Gasteiger partial charge in [-0.1, -0.05) is 0 Å². The molecule has 0 saturated carbocycles. The summed E-state index contributed by atoms with van der Waals surface area (Å²) in [5.74, 6) is 0.117. The minimum Gasteiger partial charge on any atom is -0.354 e. The van der Waals surface area contributed by atoms with Crippen LogP contribution in [0.3, 0.4) is 0 Å². The lowest BCUT2D eigenvalue weighted by atomic mass is 9.99. The van der Waals surface area contributed by atoms with Gasteiger partial charge in [0.05, 0.1) is 5.69 Å². The number of hydrogen-bond donors (Lipinski definition) is 0. The lowest BCUT2D eigenvalue weighted by molar-refractivity contribution is -0.111. The molecule has 1 aliphatic rings. The Kier molecular flexibility index (Phi) is 3.12. The third-order valence-electron chi connectivity index (χ3n) is 2.98. The Morgan fingerprint density at radius 3 is 2.75 bits per heavy atom. The molecule has 1 fully saturated rings. The molecule has 1 aromatic heterocycles. The van der Waals surface area contributed by atoms with Crippen LogP contribution in [-0.2, 0) is 4.79 Å². The van der Waals surface area contributed by atoms with Crippen molar-refractivity contribution in [1.82, 2.24) is 9.97 Å². The van der Waals surface area contributed by atoms with Crippen LogP contribution in [0.1, 0.15) is 18.5 Å². The van der Waals surface area contributed by atoms with Crippen molar-refractivity contribution in [2.45, 2.75) is 19.8 Å². The molecule has 2 heterocycles. The fraction of sp³-hybridized carbons (Fsp3) is 0.545. The van der Waals surface area contributed by atoms with E-state index < -0.39 is 0 Å². The van der Waals surface area contributed by atoms with Crippen molar-refractivity contribution in [2.24, 2.45) is 5.92 Å². The Hall–Kier alpha value is -1.52. The number of piperidine rings is 1. The Labute approximate surface area is 93.5 Å². The quantitative estimate of drug-likeness (QED) is 0.710. The van der Waals surface area contributed by atoms with Crippen LogP contribution in [0.2, 0.25) is 0 Å². The van der Waals surface area contributed by atoms with E-state index in [-0.39, 0.29) is 11.7 Å². The van der Waals surface area contributed by atoms with Gasteiger partial charge in [-0.25, -0.2) is 14.4 Å². The van der Waals surface area contributed by atoms with Crippen LogP contribution >= 0.6 is 0 Å². The van der Waals surface area contributed by atoms with E-state index in [1.807, 2.05) is 4.90 Å². The van der Waals surface area contributed by atoms with Crippen molar-refractivity contribution in [3.05, 3.63) is 17.8 Å². The van der Waals surface area contributed by atoms with Crippen molar-refractivity contribution in [1.29, 1.82) is 0 Å². The average Bonchev–Trinajstić information content (AvgIpc) is 2.33. The van der Waals surface area contributed by atoms with Crippen LogP contribution < -0.4 is 4.90 Å². The maximum atomic E-state index is 13.7. The van der Waals surface area contributed by atoms with E-state index in [9.17, 15) is 9.18 Å². The summed E-state index contributed by atoms with van der Waals surface area (Å²) in [6.45, 7) is 2.98. The first-order valence-electron chi connectivity index (χ1n) is 5.39. The second-order valence-electron chi connectivity index (χ2n) is 4.06. The Bertz CT molecular complexity index is 389. The van der Waals surface area contributed by atoms with Crippen molar-refractivity contribution in [2.75, 3.05) is 18.0 Å². The van der Waals surface area contributed by atoms with Gasteiger partial charge in [0.25, 0.3) is 0 Å². The second-order valence-corrected chi connectivity index (χ2v) is 4.06. The standard InChI is InChI=1S/C11H14FN3O/c1-8-10(12)11(14-7-13-8)15-4-2-9(6-16)3-5-15/h6-7,9H,2-5H2,1H3. The Morgan fingerprint density at radius 2 is 2.12 bits per heavy atom. The van der Waals surface area contributed by atoms with Gasteiger partial charge in [-0.15, -0.1) is 0 Å². The van der Waals surface area contributed by atoms with Gasteiger partial charge in [-0.05, 0) is 19.8 Å². The van der Waals surface area contributed by atoms with E-state index in [1.165, 1.54) is 6.33 Å². The van der Waals surface area contributed by atoms with Crippen LogP contribution in [0.15, 0.2) is 6.33 Å². The number of halogens is 1.